The minimum absolute atomic E-state index is 0.631. The number of para-hydroxylation sites is 3. The van der Waals surface area contributed by atoms with Gasteiger partial charge in [-0.05, 0) is 55.0 Å². The van der Waals surface area contributed by atoms with Gasteiger partial charge in [0.15, 0.2) is 11.4 Å². The summed E-state index contributed by atoms with van der Waals surface area (Å²) in [6, 6.07) is 56.4. The van der Waals surface area contributed by atoms with E-state index in [0.717, 1.165) is 27.5 Å². The van der Waals surface area contributed by atoms with Crippen LogP contribution < -0.4 is 18.9 Å². The van der Waals surface area contributed by atoms with Crippen LogP contribution >= 0.6 is 0 Å². The third kappa shape index (κ3) is 8.51. The molecule has 0 fully saturated rings. The molecule has 0 aliphatic rings. The van der Waals surface area contributed by atoms with Crippen molar-refractivity contribution in [3.8, 4) is 17.2 Å². The predicted octanol–water partition coefficient (Wildman–Crippen LogP) is 8.83. The topological polar surface area (TPSA) is 32.1 Å². The van der Waals surface area contributed by atoms with Gasteiger partial charge in [-0.15, -0.1) is 0 Å². The van der Waals surface area contributed by atoms with Crippen molar-refractivity contribution in [2.45, 2.75) is 6.92 Å². The van der Waals surface area contributed by atoms with Crippen LogP contribution in [0.15, 0.2) is 170 Å². The van der Waals surface area contributed by atoms with E-state index in [4.69, 9.17) is 14.0 Å². The van der Waals surface area contributed by atoms with Crippen LogP contribution in [-0.4, -0.2) is 7.32 Å². The summed E-state index contributed by atoms with van der Waals surface area (Å²) in [5, 5.41) is 0. The lowest BCUT2D eigenvalue weighted by molar-refractivity contribution is -0.681. The highest BCUT2D eigenvalue weighted by Gasteiger charge is 2.34. The first-order chi connectivity index (χ1) is 21.7. The van der Waals surface area contributed by atoms with E-state index in [1.807, 2.05) is 127 Å². The van der Waals surface area contributed by atoms with Gasteiger partial charge in [-0.3, -0.25) is 0 Å². The molecule has 0 spiro atoms. The number of quaternary nitrogens is 1. The Kier molecular flexibility index (Phi) is 10.6. The van der Waals surface area contributed by atoms with Crippen LogP contribution in [0.2, 0.25) is 0 Å². The Balaban J connectivity index is 0.000000573. The second-order valence-electron chi connectivity index (χ2n) is 9.91. The standard InChI is InChI=1S/C33H28BNO3.C6H5/c1-3-27-21-24-33(38-34(36-30-15-9-5-10-16-30)37-31-17-11-6-12-18-31)32(25-27)35(28-13-7-4-8-14-28)29-22-19-26(2)20-23-29;1-2-4-6-5-3-1/h3-25H,1H2,2H3;1-5H/q;-1/p+1. The molecule has 216 valence electrons. The highest BCUT2D eigenvalue weighted by molar-refractivity contribution is 6.39. The quantitative estimate of drug-likeness (QED) is 0.131. The van der Waals surface area contributed by atoms with Crippen molar-refractivity contribution in [1.29, 1.82) is 0 Å². The fourth-order valence-corrected chi connectivity index (χ4v) is 4.51. The second kappa shape index (κ2) is 15.6. The van der Waals surface area contributed by atoms with E-state index in [1.165, 1.54) is 5.56 Å². The lowest BCUT2D eigenvalue weighted by atomic mass is 10.1. The molecule has 0 aliphatic heterocycles. The van der Waals surface area contributed by atoms with Crippen LogP contribution in [-0.2, 0) is 0 Å². The van der Waals surface area contributed by atoms with Gasteiger partial charge in [0.05, 0.1) is 0 Å². The summed E-state index contributed by atoms with van der Waals surface area (Å²) >= 11 is 0. The van der Waals surface area contributed by atoms with Gasteiger partial charge >= 0.3 is 7.32 Å². The lowest BCUT2D eigenvalue weighted by Gasteiger charge is -2.23. The average Bonchev–Trinajstić information content (AvgIpc) is 3.09. The molecule has 1 N–H and O–H groups in total. The molecule has 0 saturated carbocycles. The van der Waals surface area contributed by atoms with Gasteiger partial charge in [-0.2, -0.15) is 36.4 Å². The summed E-state index contributed by atoms with van der Waals surface area (Å²) in [4.78, 5) is 1.04. The van der Waals surface area contributed by atoms with E-state index in [9.17, 15) is 0 Å². The van der Waals surface area contributed by atoms with Gasteiger partial charge in [-0.1, -0.05) is 91.0 Å². The van der Waals surface area contributed by atoms with E-state index in [-0.39, 0.29) is 0 Å². The van der Waals surface area contributed by atoms with E-state index >= 15 is 0 Å². The average molecular weight is 576 g/mol. The summed E-state index contributed by atoms with van der Waals surface area (Å²) in [5.74, 6) is 1.92. The van der Waals surface area contributed by atoms with Crippen molar-refractivity contribution in [3.63, 3.8) is 0 Å². The maximum Gasteiger partial charge on any atom is 0.864 e. The molecule has 6 aromatic carbocycles. The van der Waals surface area contributed by atoms with Crippen LogP contribution in [0.25, 0.3) is 6.08 Å². The summed E-state index contributed by atoms with van der Waals surface area (Å²) in [5.41, 5.74) is 5.25. The largest absolute Gasteiger partial charge is 0.864 e. The minimum Gasteiger partial charge on any atom is -0.490 e. The maximum absolute atomic E-state index is 6.50. The number of nitrogens with one attached hydrogen (secondary N) is 1. The van der Waals surface area contributed by atoms with Crippen LogP contribution in [0.1, 0.15) is 11.1 Å². The van der Waals surface area contributed by atoms with Crippen LogP contribution in [0.3, 0.4) is 0 Å². The van der Waals surface area contributed by atoms with Gasteiger partial charge in [0.25, 0.3) is 0 Å². The predicted molar refractivity (Wildman–Crippen MR) is 180 cm³/mol. The number of rotatable bonds is 10. The molecule has 0 saturated heterocycles. The Hall–Kier alpha value is -5.52. The molecule has 1 atom stereocenters. The Bertz CT molecular complexity index is 1630. The van der Waals surface area contributed by atoms with Crippen molar-refractivity contribution >= 4 is 30.5 Å². The third-order valence-corrected chi connectivity index (χ3v) is 6.69. The van der Waals surface area contributed by atoms with E-state index in [0.29, 0.717) is 17.2 Å². The molecular formula is C39H34BNO3. The molecule has 0 aliphatic carbocycles. The van der Waals surface area contributed by atoms with E-state index in [1.54, 1.807) is 0 Å². The SMILES string of the molecule is C=Cc1ccc(OB(Oc2ccccc2)Oc2ccccc2)c([NH+](c2ccccc2)c2ccc(C)cc2)c1.[c-]1ccccc1. The van der Waals surface area contributed by atoms with Crippen molar-refractivity contribution in [2.24, 2.45) is 0 Å². The fraction of sp³-hybridized carbons (Fsp3) is 0.0256. The van der Waals surface area contributed by atoms with Crippen molar-refractivity contribution in [1.82, 2.24) is 0 Å². The molecule has 0 amide bonds. The Morgan fingerprint density at radius 3 is 1.61 bits per heavy atom. The van der Waals surface area contributed by atoms with Crippen LogP contribution in [0.4, 0.5) is 17.1 Å². The van der Waals surface area contributed by atoms with Crippen LogP contribution in [0.5, 0.6) is 17.2 Å². The lowest BCUT2D eigenvalue weighted by Crippen LogP contribution is -2.96. The normalized spacial score (nSPS) is 10.8. The van der Waals surface area contributed by atoms with Crippen molar-refractivity contribution in [2.75, 3.05) is 0 Å². The molecule has 0 radical (unpaired) electrons. The Labute approximate surface area is 260 Å². The van der Waals surface area contributed by atoms with Gasteiger partial charge in [-0.25, -0.2) is 4.90 Å². The Morgan fingerprint density at radius 1 is 0.591 bits per heavy atom. The molecule has 4 nitrogen and oxygen atoms in total. The first-order valence-electron chi connectivity index (χ1n) is 14.5. The molecule has 0 heterocycles. The summed E-state index contributed by atoms with van der Waals surface area (Å²) in [6.45, 7) is 6.08. The molecular weight excluding hydrogens is 541 g/mol. The molecule has 0 aromatic heterocycles. The summed E-state index contributed by atoms with van der Waals surface area (Å²) in [7, 11) is -1.02. The molecule has 6 rings (SSSR count). The van der Waals surface area contributed by atoms with Crippen molar-refractivity contribution in [3.05, 3.63) is 188 Å². The zero-order valence-corrected chi connectivity index (χ0v) is 24.7. The molecule has 1 unspecified atom stereocenters. The highest BCUT2D eigenvalue weighted by Crippen LogP contribution is 2.29. The third-order valence-electron chi connectivity index (χ3n) is 6.69. The van der Waals surface area contributed by atoms with E-state index < -0.39 is 7.32 Å². The monoisotopic (exact) mass is 575 g/mol. The van der Waals surface area contributed by atoms with E-state index in [2.05, 4.69) is 62.0 Å². The van der Waals surface area contributed by atoms with Gasteiger partial charge in [0.2, 0.25) is 0 Å². The molecule has 5 heteroatoms. The number of aryl methyl sites for hydroxylation is 1. The fourth-order valence-electron chi connectivity index (χ4n) is 4.51. The van der Waals surface area contributed by atoms with Gasteiger partial charge < -0.3 is 14.0 Å². The minimum atomic E-state index is -1.02. The van der Waals surface area contributed by atoms with Crippen LogP contribution in [0, 0.1) is 13.0 Å². The smallest absolute Gasteiger partial charge is 0.490 e. The molecule has 6 aromatic rings. The van der Waals surface area contributed by atoms with Gasteiger partial charge in [0, 0.05) is 18.2 Å². The summed E-state index contributed by atoms with van der Waals surface area (Å²) in [6.07, 6.45) is 1.84. The van der Waals surface area contributed by atoms with Gasteiger partial charge in [0.1, 0.15) is 22.9 Å². The number of hydrogen-bond acceptors (Lipinski definition) is 3. The Morgan fingerprint density at radius 2 is 1.11 bits per heavy atom. The summed E-state index contributed by atoms with van der Waals surface area (Å²) < 4.78 is 18.8. The number of benzene rings is 6. The first-order valence-corrected chi connectivity index (χ1v) is 14.5. The first kappa shape index (κ1) is 30.0. The molecule has 44 heavy (non-hydrogen) atoms. The zero-order chi connectivity index (χ0) is 30.4. The van der Waals surface area contributed by atoms with Crippen molar-refractivity contribution < 1.29 is 18.9 Å². The molecule has 0 bridgehead atoms. The maximum atomic E-state index is 6.50. The zero-order valence-electron chi connectivity index (χ0n) is 24.7. The highest BCUT2D eigenvalue weighted by atomic mass is 16.7. The second-order valence-corrected chi connectivity index (χ2v) is 9.91. The number of hydrogen-bond donors (Lipinski definition) is 1.